The van der Waals surface area contributed by atoms with Crippen LogP contribution in [0.15, 0.2) is 100 Å². The topological polar surface area (TPSA) is 54.8 Å². The summed E-state index contributed by atoms with van der Waals surface area (Å²) in [6.45, 7) is -19.8. The number of benzene rings is 4. The Morgan fingerprint density at radius 2 is 1.72 bits per heavy atom. The number of aromatic nitrogens is 1. The summed E-state index contributed by atoms with van der Waals surface area (Å²) in [6.07, 6.45) is -14.9. The predicted molar refractivity (Wildman–Crippen MR) is 198 cm³/mol. The average Bonchev–Trinajstić information content (AvgIpc) is 3.35. The second-order valence-electron chi connectivity index (χ2n) is 10.4. The smallest absolute Gasteiger partial charge is 0.383 e. The van der Waals surface area contributed by atoms with Gasteiger partial charge in [0.05, 0.1) is 47.4 Å². The Morgan fingerprint density at radius 3 is 2.43 bits per heavy atom. The monoisotopic (exact) mass is 777 g/mol. The lowest BCUT2D eigenvalue weighted by atomic mass is 9.97. The van der Waals surface area contributed by atoms with Crippen LogP contribution in [0.1, 0.15) is 73.4 Å². The lowest BCUT2D eigenvalue weighted by molar-refractivity contribution is -0.137. The first-order valence-corrected chi connectivity index (χ1v) is 15.7. The Hall–Kier alpha value is -4.52. The molecule has 0 radical (unpaired) electrons. The van der Waals surface area contributed by atoms with Crippen LogP contribution >= 0.6 is 11.8 Å². The Kier molecular flexibility index (Phi) is 5.17. The number of para-hydroxylation sites is 1. The van der Waals surface area contributed by atoms with E-state index in [9.17, 15) is 32.0 Å². The minimum atomic E-state index is -5.52. The van der Waals surface area contributed by atoms with E-state index in [1.54, 1.807) is 0 Å². The molecule has 0 unspecified atom stereocenters. The molecular formula is C41H40F5N3O3S. The molecule has 2 heterocycles. The van der Waals surface area contributed by atoms with Gasteiger partial charge in [0, 0.05) is 75.6 Å². The van der Waals surface area contributed by atoms with Crippen molar-refractivity contribution in [3.8, 4) is 11.1 Å². The molecule has 0 N–H and O–H groups in total. The summed E-state index contributed by atoms with van der Waals surface area (Å²) >= 11 is -0.186. The molecule has 12 heteroatoms. The second kappa shape index (κ2) is 16.7. The number of hydrogen-bond donors (Lipinski definition) is 0. The summed E-state index contributed by atoms with van der Waals surface area (Å²) in [6, 6.07) is -26.3. The molecule has 1 aliphatic heterocycles. The first-order chi connectivity index (χ1) is 36.6. The van der Waals surface area contributed by atoms with Crippen molar-refractivity contribution in [3.05, 3.63) is 135 Å². The van der Waals surface area contributed by atoms with E-state index >= 15 is 9.18 Å². The van der Waals surface area contributed by atoms with Gasteiger partial charge in [-0.3, -0.25) is 9.59 Å². The van der Waals surface area contributed by atoms with Crippen molar-refractivity contribution < 1.29 is 69.9 Å². The summed E-state index contributed by atoms with van der Waals surface area (Å²) in [5, 5.41) is -2.69. The largest absolute Gasteiger partial charge is 0.416 e. The summed E-state index contributed by atoms with van der Waals surface area (Å²) in [7, 11) is 0.808. The van der Waals surface area contributed by atoms with Crippen LogP contribution in [0.2, 0.25) is 0 Å². The van der Waals surface area contributed by atoms with Gasteiger partial charge in [0.2, 0.25) is 5.91 Å². The van der Waals surface area contributed by atoms with E-state index in [4.69, 9.17) is 33.5 Å². The summed E-state index contributed by atoms with van der Waals surface area (Å²) < 4.78 is 324. The SMILES string of the molecule is [2H]c1c([2H])c(F)c(F)c(CSc2c([2H])c(=O)c3c([2H])c([2H])c([2H])c([2H])c3n2C([2H])([2H])C(=O)N(Cc2c([2H])c([2H])c(-c3c([2H])c([2H])c(C(F)(F)F)c([2H])c3[2H])c([2H])c2C)C2([2H])C([2H])([2H])C([2H])([2H])N(C([2H])([2H])COC)C([2H])([2H])C2([2H])[2H])c1[2H]. The van der Waals surface area contributed by atoms with E-state index in [2.05, 4.69) is 0 Å². The van der Waals surface area contributed by atoms with E-state index in [1.807, 2.05) is 0 Å². The van der Waals surface area contributed by atoms with Gasteiger partial charge in [0.1, 0.15) is 6.50 Å². The number of nitrogens with zero attached hydrogens (tertiary/aromatic N) is 3. The lowest BCUT2D eigenvalue weighted by Crippen LogP contribution is -2.48. The molecule has 0 spiro atoms. The number of piperidine rings is 1. The third-order valence-electron chi connectivity index (χ3n) is 6.98. The van der Waals surface area contributed by atoms with Gasteiger partial charge in [-0.1, -0.05) is 54.4 Å². The average molecular weight is 778 g/mol. The normalized spacial score (nSPS) is 26.7. The van der Waals surface area contributed by atoms with Crippen LogP contribution in [-0.4, -0.2) is 59.5 Å². The van der Waals surface area contributed by atoms with E-state index in [0.717, 1.165) is 14.0 Å². The third-order valence-corrected chi connectivity index (χ3v) is 7.97. The Labute approximate surface area is 348 Å². The van der Waals surface area contributed by atoms with Crippen molar-refractivity contribution in [1.29, 1.82) is 0 Å². The molecule has 0 bridgehead atoms. The molecule has 1 aromatic heterocycles. The van der Waals surface area contributed by atoms with Crippen molar-refractivity contribution >= 4 is 28.6 Å². The van der Waals surface area contributed by atoms with Crippen LogP contribution in [0.25, 0.3) is 22.0 Å². The van der Waals surface area contributed by atoms with Crippen LogP contribution in [0.5, 0.6) is 0 Å². The molecule has 4 aromatic carbocycles. The van der Waals surface area contributed by atoms with Crippen LogP contribution in [0.3, 0.4) is 0 Å². The fraction of sp³-hybridized carbons (Fsp3) is 0.317. The van der Waals surface area contributed by atoms with Gasteiger partial charge in [0.15, 0.2) is 17.1 Å². The van der Waals surface area contributed by atoms with Gasteiger partial charge in [-0.2, -0.15) is 13.2 Å². The first-order valence-electron chi connectivity index (χ1n) is 28.7. The maximum Gasteiger partial charge on any atom is 0.416 e. The van der Waals surface area contributed by atoms with E-state index in [1.165, 1.54) is 0 Å². The molecular weight excluding hydrogens is 710 g/mol. The zero-order valence-electron chi connectivity index (χ0n) is 55.0. The number of amides is 1. The van der Waals surface area contributed by atoms with Gasteiger partial charge >= 0.3 is 6.18 Å². The highest BCUT2D eigenvalue weighted by atomic mass is 32.2. The molecule has 1 saturated heterocycles. The number of alkyl halides is 3. The number of likely N-dealkylation sites (tertiary alicyclic amines) is 1. The van der Waals surface area contributed by atoms with Crippen molar-refractivity contribution in [2.45, 2.75) is 55.7 Å². The fourth-order valence-electron chi connectivity index (χ4n) is 4.38. The summed E-state index contributed by atoms with van der Waals surface area (Å²) in [4.78, 5) is 28.7. The zero-order valence-corrected chi connectivity index (χ0v) is 27.8. The Bertz CT molecular complexity index is 3470. The molecule has 53 heavy (non-hydrogen) atoms. The molecule has 0 aliphatic carbocycles. The van der Waals surface area contributed by atoms with E-state index in [0.29, 0.717) is 0 Å². The third kappa shape index (κ3) is 9.00. The molecule has 1 amide bonds. The van der Waals surface area contributed by atoms with Crippen molar-refractivity contribution in [2.24, 2.45) is 0 Å². The number of pyridine rings is 1. The molecule has 6 nitrogen and oxygen atoms in total. The number of ether oxygens (including phenoxy) is 1. The summed E-state index contributed by atoms with van der Waals surface area (Å²) in [5.74, 6) is -8.00. The second-order valence-corrected chi connectivity index (χ2v) is 11.4. The molecule has 6 rings (SSSR count). The number of thioether (sulfide) groups is 1. The molecule has 0 saturated carbocycles. The number of carbonyl (C=O) groups excluding carboxylic acids is 1. The highest BCUT2D eigenvalue weighted by Gasteiger charge is 2.31. The predicted octanol–water partition coefficient (Wildman–Crippen LogP) is 8.71. The number of methoxy groups -OCH3 is 1. The van der Waals surface area contributed by atoms with Crippen molar-refractivity contribution in [3.63, 3.8) is 0 Å². The quantitative estimate of drug-likeness (QED) is 0.0938. The standard InChI is InChI=1S/C41H40F5N3O3S/c1-27-22-29(28-12-14-32(15-13-28)41(44,45)46)10-11-30(27)24-48(33-16-18-47(19-17-33)20-21-52-2)38(51)25-49-36-9-4-3-7-34(36)37(50)23-39(49)53-26-31-6-5-8-35(42)40(31)43/h3-15,22-23,33H,16-21,24-26H2,1-2H3/i3D,4D,5D,6D,7D,8D,9D,10D,11D,12D,13D,14D,15D,16D2,17D2,18D2,19D2,20D2,22D,23D,25D2,33D. The number of rotatable bonds is 12. The molecule has 0 atom stereocenters. The molecule has 5 aromatic rings. The maximum absolute atomic E-state index is 15.9. The molecule has 278 valence electrons. The highest BCUT2D eigenvalue weighted by Crippen LogP contribution is 2.32. The zero-order chi connectivity index (χ0) is 62.4. The highest BCUT2D eigenvalue weighted by molar-refractivity contribution is 7.98. The van der Waals surface area contributed by atoms with Gasteiger partial charge < -0.3 is 19.1 Å². The molecule has 1 aliphatic rings. The van der Waals surface area contributed by atoms with Gasteiger partial charge in [0.25, 0.3) is 0 Å². The van der Waals surface area contributed by atoms with E-state index < -0.39 is 243 Å². The van der Waals surface area contributed by atoms with Gasteiger partial charge in [-0.15, -0.1) is 11.8 Å². The van der Waals surface area contributed by atoms with Crippen molar-refractivity contribution in [2.75, 3.05) is 33.2 Å². The molecule has 1 fully saturated rings. The number of carbonyl (C=O) groups is 1. The number of fused-ring (bicyclic) bond motifs is 1. The summed E-state index contributed by atoms with van der Waals surface area (Å²) in [5.41, 5.74) is -10.7. The minimum absolute atomic E-state index is 0.186. The van der Waals surface area contributed by atoms with Crippen LogP contribution in [0, 0.1) is 18.6 Å². The Balaban J connectivity index is 1.80. The van der Waals surface area contributed by atoms with Gasteiger partial charge in [-0.25, -0.2) is 8.78 Å². The lowest BCUT2D eigenvalue weighted by Gasteiger charge is -2.39. The van der Waals surface area contributed by atoms with Crippen molar-refractivity contribution in [1.82, 2.24) is 14.4 Å². The number of halogens is 5. The van der Waals surface area contributed by atoms with E-state index in [-0.39, 0.29) is 16.3 Å². The minimum Gasteiger partial charge on any atom is -0.383 e. The van der Waals surface area contributed by atoms with Crippen LogP contribution in [-0.2, 0) is 34.5 Å². The fourth-order valence-corrected chi connectivity index (χ4v) is 5.29. The Morgan fingerprint density at radius 1 is 1.00 bits per heavy atom. The first kappa shape index (κ1) is 16.5. The van der Waals surface area contributed by atoms with Crippen LogP contribution < -0.4 is 5.43 Å². The maximum atomic E-state index is 15.9. The number of hydrogen-bond acceptors (Lipinski definition) is 5. The van der Waals surface area contributed by atoms with Crippen LogP contribution in [0.4, 0.5) is 22.0 Å². The van der Waals surface area contributed by atoms with Gasteiger partial charge in [-0.05, 0) is 72.1 Å².